The number of ether oxygens (including phenoxy) is 2. The van der Waals surface area contributed by atoms with E-state index in [2.05, 4.69) is 4.98 Å². The van der Waals surface area contributed by atoms with Crippen molar-refractivity contribution >= 4 is 11.3 Å². The highest BCUT2D eigenvalue weighted by molar-refractivity contribution is 7.13. The van der Waals surface area contributed by atoms with E-state index in [0.717, 1.165) is 22.1 Å². The van der Waals surface area contributed by atoms with Crippen molar-refractivity contribution in [2.45, 2.75) is 0 Å². The summed E-state index contributed by atoms with van der Waals surface area (Å²) < 4.78 is 10.6. The Labute approximate surface area is 92.3 Å². The number of aromatic nitrogens is 1. The van der Waals surface area contributed by atoms with Crippen LogP contribution in [-0.4, -0.2) is 19.2 Å². The summed E-state index contributed by atoms with van der Waals surface area (Å²) in [6.45, 7) is 0. The number of methoxy groups -OCH3 is 2. The summed E-state index contributed by atoms with van der Waals surface area (Å²) in [6, 6.07) is 5.77. The number of benzene rings is 1. The monoisotopic (exact) mass is 221 g/mol. The highest BCUT2D eigenvalue weighted by atomic mass is 32.1. The standard InChI is InChI=1S/C11H11NO2S/c1-13-9-5-3-4-8(10(9)14-2)11-12-6-7-15-11/h3-7H,1-2H3. The van der Waals surface area contributed by atoms with E-state index in [4.69, 9.17) is 9.47 Å². The van der Waals surface area contributed by atoms with E-state index in [-0.39, 0.29) is 0 Å². The van der Waals surface area contributed by atoms with Gasteiger partial charge in [-0.2, -0.15) is 0 Å². The van der Waals surface area contributed by atoms with Gasteiger partial charge in [-0.1, -0.05) is 6.07 Å². The maximum absolute atomic E-state index is 5.33. The van der Waals surface area contributed by atoms with Crippen LogP contribution in [0.2, 0.25) is 0 Å². The average Bonchev–Trinajstić information content (AvgIpc) is 2.81. The van der Waals surface area contributed by atoms with Crippen LogP contribution in [0.25, 0.3) is 10.6 Å². The number of rotatable bonds is 3. The zero-order chi connectivity index (χ0) is 10.7. The quantitative estimate of drug-likeness (QED) is 0.798. The fourth-order valence-electron chi connectivity index (χ4n) is 1.41. The first-order chi connectivity index (χ1) is 7.36. The van der Waals surface area contributed by atoms with Crippen molar-refractivity contribution in [1.29, 1.82) is 0 Å². The van der Waals surface area contributed by atoms with E-state index in [1.54, 1.807) is 31.8 Å². The van der Waals surface area contributed by atoms with E-state index in [1.165, 1.54) is 0 Å². The minimum Gasteiger partial charge on any atom is -0.493 e. The molecule has 1 aromatic carbocycles. The van der Waals surface area contributed by atoms with Crippen LogP contribution in [0, 0.1) is 0 Å². The Morgan fingerprint density at radius 2 is 2.07 bits per heavy atom. The van der Waals surface area contributed by atoms with E-state index in [1.807, 2.05) is 23.6 Å². The second-order valence-electron chi connectivity index (χ2n) is 2.88. The smallest absolute Gasteiger partial charge is 0.170 e. The summed E-state index contributed by atoms with van der Waals surface area (Å²) in [4.78, 5) is 4.25. The van der Waals surface area contributed by atoms with E-state index in [0.29, 0.717) is 0 Å². The van der Waals surface area contributed by atoms with Crippen LogP contribution in [0.4, 0.5) is 0 Å². The molecule has 1 aromatic heterocycles. The normalized spacial score (nSPS) is 10.0. The molecule has 4 heteroatoms. The molecule has 1 heterocycles. The molecule has 2 rings (SSSR count). The minimum atomic E-state index is 0.727. The van der Waals surface area contributed by atoms with Crippen LogP contribution in [0.15, 0.2) is 29.8 Å². The van der Waals surface area contributed by atoms with Crippen molar-refractivity contribution in [2.24, 2.45) is 0 Å². The molecule has 15 heavy (non-hydrogen) atoms. The predicted molar refractivity (Wildman–Crippen MR) is 60.7 cm³/mol. The Hall–Kier alpha value is -1.55. The van der Waals surface area contributed by atoms with Gasteiger partial charge in [-0.15, -0.1) is 11.3 Å². The lowest BCUT2D eigenvalue weighted by atomic mass is 10.2. The molecule has 0 atom stereocenters. The highest BCUT2D eigenvalue weighted by Crippen LogP contribution is 2.38. The molecule has 0 bridgehead atoms. The van der Waals surface area contributed by atoms with Gasteiger partial charge in [-0.25, -0.2) is 4.98 Å². The van der Waals surface area contributed by atoms with Gasteiger partial charge in [0.1, 0.15) is 5.01 Å². The Morgan fingerprint density at radius 1 is 1.20 bits per heavy atom. The molecule has 0 fully saturated rings. The van der Waals surface area contributed by atoms with Crippen LogP contribution in [0.1, 0.15) is 0 Å². The maximum atomic E-state index is 5.33. The molecule has 0 aliphatic heterocycles. The van der Waals surface area contributed by atoms with Crippen molar-refractivity contribution in [3.63, 3.8) is 0 Å². The number of thiazole rings is 1. The van der Waals surface area contributed by atoms with E-state index < -0.39 is 0 Å². The van der Waals surface area contributed by atoms with Crippen molar-refractivity contribution < 1.29 is 9.47 Å². The van der Waals surface area contributed by atoms with Gasteiger partial charge in [0.2, 0.25) is 0 Å². The summed E-state index contributed by atoms with van der Waals surface area (Å²) in [6.07, 6.45) is 1.78. The Balaban J connectivity index is 2.56. The van der Waals surface area contributed by atoms with Gasteiger partial charge < -0.3 is 9.47 Å². The number of para-hydroxylation sites is 1. The topological polar surface area (TPSA) is 31.4 Å². The fraction of sp³-hybridized carbons (Fsp3) is 0.182. The molecule has 0 spiro atoms. The lowest BCUT2D eigenvalue weighted by molar-refractivity contribution is 0.356. The predicted octanol–water partition coefficient (Wildman–Crippen LogP) is 2.83. The van der Waals surface area contributed by atoms with Gasteiger partial charge in [0, 0.05) is 11.6 Å². The van der Waals surface area contributed by atoms with Gasteiger partial charge in [0.15, 0.2) is 11.5 Å². The summed E-state index contributed by atoms with van der Waals surface area (Å²) in [7, 11) is 3.26. The zero-order valence-electron chi connectivity index (χ0n) is 8.56. The Morgan fingerprint density at radius 3 is 2.67 bits per heavy atom. The van der Waals surface area contributed by atoms with Gasteiger partial charge in [-0.3, -0.25) is 0 Å². The van der Waals surface area contributed by atoms with Gasteiger partial charge in [-0.05, 0) is 12.1 Å². The summed E-state index contributed by atoms with van der Waals surface area (Å²) in [5.74, 6) is 1.46. The van der Waals surface area contributed by atoms with Crippen molar-refractivity contribution in [3.05, 3.63) is 29.8 Å². The summed E-state index contributed by atoms with van der Waals surface area (Å²) in [5, 5.41) is 2.87. The van der Waals surface area contributed by atoms with Gasteiger partial charge in [0.25, 0.3) is 0 Å². The molecule has 3 nitrogen and oxygen atoms in total. The van der Waals surface area contributed by atoms with Crippen LogP contribution in [0.5, 0.6) is 11.5 Å². The molecule has 0 aliphatic rings. The minimum absolute atomic E-state index is 0.727. The molecular formula is C11H11NO2S. The van der Waals surface area contributed by atoms with Crippen LogP contribution in [0.3, 0.4) is 0 Å². The van der Waals surface area contributed by atoms with Crippen LogP contribution >= 0.6 is 11.3 Å². The Kier molecular flexibility index (Phi) is 2.87. The maximum Gasteiger partial charge on any atom is 0.170 e. The molecule has 2 aromatic rings. The SMILES string of the molecule is COc1cccc(-c2nccs2)c1OC. The van der Waals surface area contributed by atoms with Crippen molar-refractivity contribution in [2.75, 3.05) is 14.2 Å². The molecule has 0 aliphatic carbocycles. The average molecular weight is 221 g/mol. The first-order valence-corrected chi connectivity index (χ1v) is 5.35. The lowest BCUT2D eigenvalue weighted by Gasteiger charge is -2.10. The molecule has 0 saturated carbocycles. The largest absolute Gasteiger partial charge is 0.493 e. The lowest BCUT2D eigenvalue weighted by Crippen LogP contribution is -1.92. The number of hydrogen-bond acceptors (Lipinski definition) is 4. The van der Waals surface area contributed by atoms with Gasteiger partial charge in [0.05, 0.1) is 19.8 Å². The first-order valence-electron chi connectivity index (χ1n) is 4.47. The molecule has 0 N–H and O–H groups in total. The summed E-state index contributed by atoms with van der Waals surface area (Å²) in [5.41, 5.74) is 0.965. The molecule has 78 valence electrons. The second kappa shape index (κ2) is 4.31. The molecule has 0 unspecified atom stereocenters. The number of nitrogens with zero attached hydrogens (tertiary/aromatic N) is 1. The van der Waals surface area contributed by atoms with Gasteiger partial charge >= 0.3 is 0 Å². The van der Waals surface area contributed by atoms with Crippen LogP contribution in [-0.2, 0) is 0 Å². The molecule has 0 radical (unpaired) electrons. The van der Waals surface area contributed by atoms with Crippen molar-refractivity contribution in [1.82, 2.24) is 4.98 Å². The molecule has 0 amide bonds. The highest BCUT2D eigenvalue weighted by Gasteiger charge is 2.12. The number of hydrogen-bond donors (Lipinski definition) is 0. The summed E-state index contributed by atoms with van der Waals surface area (Å²) >= 11 is 1.58. The third-order valence-electron chi connectivity index (χ3n) is 2.07. The molecular weight excluding hydrogens is 210 g/mol. The van der Waals surface area contributed by atoms with Crippen LogP contribution < -0.4 is 9.47 Å². The first kappa shape index (κ1) is 9.98. The second-order valence-corrected chi connectivity index (χ2v) is 3.77. The van der Waals surface area contributed by atoms with Crippen molar-refractivity contribution in [3.8, 4) is 22.1 Å². The third kappa shape index (κ3) is 1.80. The third-order valence-corrected chi connectivity index (χ3v) is 2.87. The fourth-order valence-corrected chi connectivity index (χ4v) is 2.07. The zero-order valence-corrected chi connectivity index (χ0v) is 9.38. The van der Waals surface area contributed by atoms with E-state index in [9.17, 15) is 0 Å². The van der Waals surface area contributed by atoms with E-state index >= 15 is 0 Å². The molecule has 0 saturated heterocycles. The Bertz CT molecular complexity index is 440.